The van der Waals surface area contributed by atoms with Crippen LogP contribution in [-0.4, -0.2) is 0 Å². The average molecular weight is 414 g/mol. The monoisotopic (exact) mass is 414 g/mol. The van der Waals surface area contributed by atoms with Crippen LogP contribution in [0.15, 0.2) is 0 Å². The quantitative estimate of drug-likeness (QED) is 0.364. The summed E-state index contributed by atoms with van der Waals surface area (Å²) < 4.78 is 161. The smallest absolute Gasteiger partial charge is 0.422 e. The van der Waals surface area contributed by atoms with E-state index in [9.17, 15) is 52.7 Å². The van der Waals surface area contributed by atoms with Crippen molar-refractivity contribution in [2.24, 2.45) is 0 Å². The third-order valence-corrected chi connectivity index (χ3v) is 3.17. The summed E-state index contributed by atoms with van der Waals surface area (Å²) in [6.45, 7) is -1.86. The minimum atomic E-state index is -5.85. The fraction of sp³-hybridized carbons (Fsp3) is 0.143. The summed E-state index contributed by atoms with van der Waals surface area (Å²) in [4.78, 5) is 0. The van der Waals surface area contributed by atoms with Crippen molar-refractivity contribution < 1.29 is 57.4 Å². The third-order valence-electron chi connectivity index (χ3n) is 3.17. The molecule has 13 heteroatoms. The highest BCUT2D eigenvalue weighted by Gasteiger charge is 2.43. The molecule has 0 spiro atoms. The van der Waals surface area contributed by atoms with Gasteiger partial charge in [-0.1, -0.05) is 0 Å². The minimum absolute atomic E-state index is 1.79. The van der Waals surface area contributed by atoms with Crippen molar-refractivity contribution in [2.45, 2.75) is 12.8 Å². The summed E-state index contributed by atoms with van der Waals surface area (Å²) in [6.07, 6.45) is -5.85. The van der Waals surface area contributed by atoms with Gasteiger partial charge >= 0.3 is 6.18 Å². The molecule has 0 amide bonds. The van der Waals surface area contributed by atoms with Gasteiger partial charge in [0.2, 0.25) is 17.5 Å². The predicted molar refractivity (Wildman–Crippen MR) is 61.8 cm³/mol. The van der Waals surface area contributed by atoms with Gasteiger partial charge in [0.15, 0.2) is 40.7 Å². The summed E-state index contributed by atoms with van der Waals surface area (Å²) >= 11 is 0. The van der Waals surface area contributed by atoms with E-state index < -0.39 is 82.0 Å². The standard InChI is InChI=1S/C14H2F12O/c15-4-2(5(16)9(20)10(21)8(4)19)1-27-13-11(22)6(17)3(14(24,25)26)7(18)12(13)23/h1H2. The lowest BCUT2D eigenvalue weighted by atomic mass is 10.1. The fourth-order valence-electron chi connectivity index (χ4n) is 1.91. The maximum Gasteiger partial charge on any atom is 0.422 e. The molecule has 0 heterocycles. The van der Waals surface area contributed by atoms with Crippen molar-refractivity contribution in [3.63, 3.8) is 0 Å². The SMILES string of the molecule is Fc1c(F)c(F)c(COc2c(F)c(F)c(C(F)(F)F)c(F)c2F)c(F)c1F. The molecule has 0 saturated carbocycles. The van der Waals surface area contributed by atoms with E-state index in [-0.39, 0.29) is 0 Å². The number of ether oxygens (including phenoxy) is 1. The van der Waals surface area contributed by atoms with Gasteiger partial charge in [-0.3, -0.25) is 0 Å². The first-order valence-corrected chi connectivity index (χ1v) is 6.36. The maximum absolute atomic E-state index is 13.6. The van der Waals surface area contributed by atoms with Crippen LogP contribution in [0, 0.1) is 52.4 Å². The molecule has 2 aromatic carbocycles. The molecule has 2 rings (SSSR count). The van der Waals surface area contributed by atoms with Crippen LogP contribution in [-0.2, 0) is 12.8 Å². The van der Waals surface area contributed by atoms with E-state index in [1.165, 1.54) is 0 Å². The summed E-state index contributed by atoms with van der Waals surface area (Å²) in [7, 11) is 0. The fourth-order valence-corrected chi connectivity index (χ4v) is 1.91. The van der Waals surface area contributed by atoms with E-state index >= 15 is 0 Å². The molecule has 0 bridgehead atoms. The van der Waals surface area contributed by atoms with E-state index in [0.29, 0.717) is 0 Å². The van der Waals surface area contributed by atoms with Crippen molar-refractivity contribution in [3.05, 3.63) is 63.5 Å². The summed E-state index contributed by atoms with van der Waals surface area (Å²) in [6, 6.07) is 0. The Morgan fingerprint density at radius 1 is 0.519 bits per heavy atom. The first-order chi connectivity index (χ1) is 12.3. The third kappa shape index (κ3) is 3.37. The van der Waals surface area contributed by atoms with Crippen molar-refractivity contribution in [1.82, 2.24) is 0 Å². The zero-order chi connectivity index (χ0) is 20.8. The van der Waals surface area contributed by atoms with Gasteiger partial charge in [-0.2, -0.15) is 22.0 Å². The van der Waals surface area contributed by atoms with Crippen molar-refractivity contribution in [1.29, 1.82) is 0 Å². The second-order valence-corrected chi connectivity index (χ2v) is 4.79. The van der Waals surface area contributed by atoms with E-state index in [4.69, 9.17) is 0 Å². The Kier molecular flexibility index (Phi) is 5.25. The first-order valence-electron chi connectivity index (χ1n) is 6.36. The van der Waals surface area contributed by atoms with Gasteiger partial charge in [-0.15, -0.1) is 0 Å². The lowest BCUT2D eigenvalue weighted by Crippen LogP contribution is -2.17. The second kappa shape index (κ2) is 6.85. The molecule has 0 saturated heterocycles. The second-order valence-electron chi connectivity index (χ2n) is 4.79. The Bertz CT molecular complexity index is 860. The Morgan fingerprint density at radius 3 is 1.26 bits per heavy atom. The number of alkyl halides is 3. The predicted octanol–water partition coefficient (Wildman–Crippen LogP) is 5.54. The van der Waals surface area contributed by atoms with Crippen molar-refractivity contribution in [3.8, 4) is 5.75 Å². The van der Waals surface area contributed by atoms with Gasteiger partial charge in [-0.25, -0.2) is 30.7 Å². The molecule has 0 aliphatic carbocycles. The zero-order valence-corrected chi connectivity index (χ0v) is 12.2. The van der Waals surface area contributed by atoms with E-state index in [1.54, 1.807) is 0 Å². The van der Waals surface area contributed by atoms with Crippen molar-refractivity contribution >= 4 is 0 Å². The molecular formula is C14H2F12O. The summed E-state index contributed by atoms with van der Waals surface area (Å²) in [5, 5.41) is 0. The van der Waals surface area contributed by atoms with Gasteiger partial charge in [0, 0.05) is 0 Å². The van der Waals surface area contributed by atoms with E-state index in [2.05, 4.69) is 4.74 Å². The lowest BCUT2D eigenvalue weighted by molar-refractivity contribution is -0.143. The van der Waals surface area contributed by atoms with Crippen LogP contribution in [0.3, 0.4) is 0 Å². The van der Waals surface area contributed by atoms with E-state index in [0.717, 1.165) is 0 Å². The van der Waals surface area contributed by atoms with Gasteiger partial charge in [0.1, 0.15) is 12.2 Å². The number of halogens is 12. The molecule has 0 unspecified atom stereocenters. The van der Waals surface area contributed by atoms with Crippen LogP contribution < -0.4 is 4.74 Å². The highest BCUT2D eigenvalue weighted by Crippen LogP contribution is 2.39. The number of rotatable bonds is 3. The number of hydrogen-bond donors (Lipinski definition) is 0. The molecule has 0 aliphatic rings. The van der Waals surface area contributed by atoms with Gasteiger partial charge < -0.3 is 4.74 Å². The van der Waals surface area contributed by atoms with Gasteiger partial charge in [0.25, 0.3) is 0 Å². The van der Waals surface area contributed by atoms with Crippen LogP contribution in [0.25, 0.3) is 0 Å². The molecule has 0 aromatic heterocycles. The van der Waals surface area contributed by atoms with Gasteiger partial charge in [-0.05, 0) is 0 Å². The highest BCUT2D eigenvalue weighted by atomic mass is 19.4. The highest BCUT2D eigenvalue weighted by molar-refractivity contribution is 5.36. The Labute approximate surface area is 140 Å². The maximum atomic E-state index is 13.6. The Hall–Kier alpha value is -2.60. The minimum Gasteiger partial charge on any atom is -0.482 e. The summed E-state index contributed by atoms with van der Waals surface area (Å²) in [5.74, 6) is -26.0. The van der Waals surface area contributed by atoms with Crippen molar-refractivity contribution in [2.75, 3.05) is 0 Å². The lowest BCUT2D eigenvalue weighted by Gasteiger charge is -2.15. The average Bonchev–Trinajstić information content (AvgIpc) is 2.58. The molecule has 0 atom stereocenters. The molecule has 0 radical (unpaired) electrons. The molecular weight excluding hydrogens is 412 g/mol. The number of benzene rings is 2. The largest absolute Gasteiger partial charge is 0.482 e. The molecule has 2 aromatic rings. The van der Waals surface area contributed by atoms with Crippen LogP contribution in [0.1, 0.15) is 11.1 Å². The normalized spacial score (nSPS) is 11.9. The molecule has 1 nitrogen and oxygen atoms in total. The first kappa shape index (κ1) is 20.7. The number of hydrogen-bond acceptors (Lipinski definition) is 1. The van der Waals surface area contributed by atoms with Crippen LogP contribution >= 0.6 is 0 Å². The zero-order valence-electron chi connectivity index (χ0n) is 12.2. The molecule has 0 aliphatic heterocycles. The molecule has 27 heavy (non-hydrogen) atoms. The summed E-state index contributed by atoms with van der Waals surface area (Å²) in [5.41, 5.74) is -4.73. The van der Waals surface area contributed by atoms with Crippen LogP contribution in [0.5, 0.6) is 5.75 Å². The van der Waals surface area contributed by atoms with Crippen LogP contribution in [0.2, 0.25) is 0 Å². The molecule has 0 fully saturated rings. The molecule has 148 valence electrons. The van der Waals surface area contributed by atoms with Crippen LogP contribution in [0.4, 0.5) is 52.7 Å². The van der Waals surface area contributed by atoms with E-state index in [1.807, 2.05) is 0 Å². The topological polar surface area (TPSA) is 9.23 Å². The Balaban J connectivity index is 2.53. The Morgan fingerprint density at radius 2 is 0.889 bits per heavy atom. The van der Waals surface area contributed by atoms with Gasteiger partial charge in [0.05, 0.1) is 5.56 Å². The molecule has 0 N–H and O–H groups in total.